The first-order valence-electron chi connectivity index (χ1n) is 7.06. The third-order valence-electron chi connectivity index (χ3n) is 3.43. The summed E-state index contributed by atoms with van der Waals surface area (Å²) >= 11 is 0. The Morgan fingerprint density at radius 1 is 1.21 bits per heavy atom. The van der Waals surface area contributed by atoms with Gasteiger partial charge in [0.15, 0.2) is 0 Å². The lowest BCUT2D eigenvalue weighted by Crippen LogP contribution is -2.15. The Morgan fingerprint density at radius 3 is 2.84 bits per heavy atom. The van der Waals surface area contributed by atoms with Crippen molar-refractivity contribution in [1.82, 2.24) is 20.3 Å². The first-order chi connectivity index (χ1) is 9.40. The molecule has 1 saturated carbocycles. The Labute approximate surface area is 113 Å². The van der Waals surface area contributed by atoms with Crippen molar-refractivity contribution in [1.29, 1.82) is 0 Å². The van der Waals surface area contributed by atoms with Crippen LogP contribution in [0.3, 0.4) is 0 Å². The van der Waals surface area contributed by atoms with E-state index < -0.39 is 0 Å². The predicted octanol–water partition coefficient (Wildman–Crippen LogP) is 2.16. The second-order valence-corrected chi connectivity index (χ2v) is 5.22. The number of nitrogens with zero attached hydrogens (tertiary/aromatic N) is 3. The van der Waals surface area contributed by atoms with Crippen LogP contribution in [0, 0.1) is 0 Å². The summed E-state index contributed by atoms with van der Waals surface area (Å²) in [6.45, 7) is 1.79. The van der Waals surface area contributed by atoms with E-state index in [0.29, 0.717) is 0 Å². The molecule has 3 rings (SSSR count). The molecule has 4 nitrogen and oxygen atoms in total. The van der Waals surface area contributed by atoms with Gasteiger partial charge in [0.1, 0.15) is 0 Å². The third-order valence-corrected chi connectivity index (χ3v) is 3.43. The van der Waals surface area contributed by atoms with Gasteiger partial charge < -0.3 is 5.32 Å². The maximum Gasteiger partial charge on any atom is 0.0964 e. The van der Waals surface area contributed by atoms with E-state index >= 15 is 0 Å². The van der Waals surface area contributed by atoms with Crippen molar-refractivity contribution in [3.05, 3.63) is 47.8 Å². The maximum absolute atomic E-state index is 4.19. The summed E-state index contributed by atoms with van der Waals surface area (Å²) < 4.78 is 1.95. The Morgan fingerprint density at radius 2 is 2.05 bits per heavy atom. The molecular formula is C15H20N4. The molecule has 4 heteroatoms. The molecule has 0 bridgehead atoms. The van der Waals surface area contributed by atoms with Crippen LogP contribution in [0.25, 0.3) is 0 Å². The zero-order valence-corrected chi connectivity index (χ0v) is 11.1. The van der Waals surface area contributed by atoms with Crippen molar-refractivity contribution in [2.45, 2.75) is 44.8 Å². The number of aryl methyl sites for hydroxylation is 2. The molecule has 1 heterocycles. The van der Waals surface area contributed by atoms with E-state index in [0.717, 1.165) is 37.7 Å². The lowest BCUT2D eigenvalue weighted by molar-refractivity contribution is 0.558. The van der Waals surface area contributed by atoms with Gasteiger partial charge in [0.2, 0.25) is 0 Å². The van der Waals surface area contributed by atoms with E-state index in [-0.39, 0.29) is 0 Å². The van der Waals surface area contributed by atoms with Gasteiger partial charge >= 0.3 is 0 Å². The molecule has 1 aliphatic rings. The van der Waals surface area contributed by atoms with Gasteiger partial charge in [0, 0.05) is 25.3 Å². The van der Waals surface area contributed by atoms with Gasteiger partial charge in [-0.3, -0.25) is 4.68 Å². The minimum atomic E-state index is 0.725. The first kappa shape index (κ1) is 12.4. The largest absolute Gasteiger partial charge is 0.308 e. The van der Waals surface area contributed by atoms with Crippen LogP contribution >= 0.6 is 0 Å². The molecule has 0 radical (unpaired) electrons. The molecule has 0 unspecified atom stereocenters. The molecule has 1 aliphatic carbocycles. The number of hydrogen-bond donors (Lipinski definition) is 1. The number of aromatic nitrogens is 3. The highest BCUT2D eigenvalue weighted by molar-refractivity contribution is 5.14. The minimum absolute atomic E-state index is 0.725. The van der Waals surface area contributed by atoms with E-state index in [1.54, 1.807) is 0 Å². The Hall–Kier alpha value is -1.68. The van der Waals surface area contributed by atoms with E-state index in [4.69, 9.17) is 0 Å². The predicted molar refractivity (Wildman–Crippen MR) is 74.6 cm³/mol. The lowest BCUT2D eigenvalue weighted by Gasteiger charge is -2.01. The van der Waals surface area contributed by atoms with Crippen LogP contribution in [0.15, 0.2) is 36.5 Å². The molecular weight excluding hydrogens is 236 g/mol. The fourth-order valence-corrected chi connectivity index (χ4v) is 2.16. The van der Waals surface area contributed by atoms with E-state index in [2.05, 4.69) is 52.2 Å². The summed E-state index contributed by atoms with van der Waals surface area (Å²) in [5.74, 6) is 0. The van der Waals surface area contributed by atoms with Crippen molar-refractivity contribution >= 4 is 0 Å². The van der Waals surface area contributed by atoms with E-state index in [1.807, 2.05) is 4.68 Å². The van der Waals surface area contributed by atoms with Crippen LogP contribution in [0.4, 0.5) is 0 Å². The molecule has 2 aromatic rings. The SMILES string of the molecule is c1ccc(CCCn2cc(CNC3CC3)nn2)cc1. The summed E-state index contributed by atoms with van der Waals surface area (Å²) in [7, 11) is 0. The van der Waals surface area contributed by atoms with Gasteiger partial charge in [-0.25, -0.2) is 0 Å². The number of nitrogens with one attached hydrogen (secondary N) is 1. The summed E-state index contributed by atoms with van der Waals surface area (Å²) in [5.41, 5.74) is 2.44. The van der Waals surface area contributed by atoms with Crippen molar-refractivity contribution in [3.8, 4) is 0 Å². The standard InChI is InChI=1S/C15H20N4/c1-2-5-13(6-3-1)7-4-10-19-12-15(17-18-19)11-16-14-8-9-14/h1-3,5-6,12,14,16H,4,7-11H2. The number of benzene rings is 1. The van der Waals surface area contributed by atoms with Crippen LogP contribution < -0.4 is 5.32 Å². The average Bonchev–Trinajstić information content (AvgIpc) is 3.17. The normalized spacial score (nSPS) is 14.7. The van der Waals surface area contributed by atoms with Crippen molar-refractivity contribution < 1.29 is 0 Å². The zero-order valence-electron chi connectivity index (χ0n) is 11.1. The fourth-order valence-electron chi connectivity index (χ4n) is 2.16. The molecule has 1 fully saturated rings. The topological polar surface area (TPSA) is 42.7 Å². The highest BCUT2D eigenvalue weighted by Gasteiger charge is 2.20. The van der Waals surface area contributed by atoms with Gasteiger partial charge in [0.25, 0.3) is 0 Å². The van der Waals surface area contributed by atoms with Gasteiger partial charge in [0.05, 0.1) is 5.69 Å². The van der Waals surface area contributed by atoms with E-state index in [9.17, 15) is 0 Å². The number of hydrogen-bond acceptors (Lipinski definition) is 3. The smallest absolute Gasteiger partial charge is 0.0964 e. The van der Waals surface area contributed by atoms with Crippen molar-refractivity contribution in [2.24, 2.45) is 0 Å². The molecule has 19 heavy (non-hydrogen) atoms. The summed E-state index contributed by atoms with van der Waals surface area (Å²) in [6, 6.07) is 11.3. The van der Waals surface area contributed by atoms with Crippen LogP contribution in [0.5, 0.6) is 0 Å². The quantitative estimate of drug-likeness (QED) is 0.825. The highest BCUT2D eigenvalue weighted by atomic mass is 15.4. The third kappa shape index (κ3) is 3.89. The molecule has 1 aromatic heterocycles. The summed E-state index contributed by atoms with van der Waals surface area (Å²) in [6.07, 6.45) is 6.87. The second-order valence-electron chi connectivity index (χ2n) is 5.22. The van der Waals surface area contributed by atoms with Gasteiger partial charge in [-0.2, -0.15) is 0 Å². The van der Waals surface area contributed by atoms with Crippen molar-refractivity contribution in [2.75, 3.05) is 0 Å². The molecule has 0 spiro atoms. The second kappa shape index (κ2) is 5.97. The highest BCUT2D eigenvalue weighted by Crippen LogP contribution is 2.18. The molecule has 0 atom stereocenters. The summed E-state index contributed by atoms with van der Waals surface area (Å²) in [4.78, 5) is 0. The van der Waals surface area contributed by atoms with Gasteiger partial charge in [-0.15, -0.1) is 5.10 Å². The molecule has 100 valence electrons. The molecule has 0 aliphatic heterocycles. The first-order valence-corrected chi connectivity index (χ1v) is 7.06. The van der Waals surface area contributed by atoms with Gasteiger partial charge in [-0.05, 0) is 31.2 Å². The molecule has 1 aromatic carbocycles. The fraction of sp³-hybridized carbons (Fsp3) is 0.467. The van der Waals surface area contributed by atoms with Crippen LogP contribution in [0.1, 0.15) is 30.5 Å². The van der Waals surface area contributed by atoms with E-state index in [1.165, 1.54) is 18.4 Å². The van der Waals surface area contributed by atoms with Crippen LogP contribution in [0.2, 0.25) is 0 Å². The zero-order chi connectivity index (χ0) is 12.9. The maximum atomic E-state index is 4.19. The molecule has 0 saturated heterocycles. The summed E-state index contributed by atoms with van der Waals surface area (Å²) in [5, 5.41) is 11.8. The number of rotatable bonds is 7. The average molecular weight is 256 g/mol. The Kier molecular flexibility index (Phi) is 3.89. The Balaban J connectivity index is 1.42. The van der Waals surface area contributed by atoms with Gasteiger partial charge in [-0.1, -0.05) is 35.5 Å². The Bertz CT molecular complexity index is 502. The van der Waals surface area contributed by atoms with Crippen LogP contribution in [-0.2, 0) is 19.5 Å². The van der Waals surface area contributed by atoms with Crippen molar-refractivity contribution in [3.63, 3.8) is 0 Å². The lowest BCUT2D eigenvalue weighted by atomic mass is 10.1. The van der Waals surface area contributed by atoms with Crippen LogP contribution in [-0.4, -0.2) is 21.0 Å². The molecule has 1 N–H and O–H groups in total. The molecule has 0 amide bonds. The minimum Gasteiger partial charge on any atom is -0.308 e. The monoisotopic (exact) mass is 256 g/mol.